The standard InChI is InChI=1S/C18H26O3/c1-13(2)11-17-12-16(18(20)21-17)10-6-8-14(3)7-5-9-15(4)19/h7,10-11,17H,5-6,8-9,12H2,1-4H3/b14-7+,16-10-. The highest BCUT2D eigenvalue weighted by Gasteiger charge is 2.26. The Morgan fingerprint density at radius 1 is 1.19 bits per heavy atom. The Morgan fingerprint density at radius 3 is 2.52 bits per heavy atom. The average molecular weight is 290 g/mol. The van der Waals surface area contributed by atoms with Crippen molar-refractivity contribution in [1.82, 2.24) is 0 Å². The van der Waals surface area contributed by atoms with Gasteiger partial charge in [-0.1, -0.05) is 23.3 Å². The second kappa shape index (κ2) is 8.60. The molecule has 1 rings (SSSR count). The van der Waals surface area contributed by atoms with Crippen LogP contribution in [0.1, 0.15) is 59.8 Å². The number of Topliss-reactive ketones (excluding diaryl/α,β-unsaturated/α-hetero) is 1. The van der Waals surface area contributed by atoms with E-state index in [1.54, 1.807) is 6.92 Å². The normalized spacial score (nSPS) is 20.6. The van der Waals surface area contributed by atoms with E-state index in [2.05, 4.69) is 13.0 Å². The molecule has 0 radical (unpaired) electrons. The zero-order chi connectivity index (χ0) is 15.8. The van der Waals surface area contributed by atoms with Crippen LogP contribution in [0.3, 0.4) is 0 Å². The van der Waals surface area contributed by atoms with E-state index in [0.717, 1.165) is 24.8 Å². The second-order valence-electron chi connectivity index (χ2n) is 5.95. The van der Waals surface area contributed by atoms with Crippen LogP contribution in [0.25, 0.3) is 0 Å². The molecule has 0 aromatic rings. The van der Waals surface area contributed by atoms with Crippen molar-refractivity contribution in [1.29, 1.82) is 0 Å². The van der Waals surface area contributed by atoms with Crippen molar-refractivity contribution in [3.63, 3.8) is 0 Å². The molecule has 1 fully saturated rings. The molecule has 1 heterocycles. The second-order valence-corrected chi connectivity index (χ2v) is 5.95. The summed E-state index contributed by atoms with van der Waals surface area (Å²) in [6.45, 7) is 7.69. The Balaban J connectivity index is 2.41. The van der Waals surface area contributed by atoms with Gasteiger partial charge in [-0.15, -0.1) is 0 Å². The summed E-state index contributed by atoms with van der Waals surface area (Å²) in [5.74, 6) is 0.0379. The smallest absolute Gasteiger partial charge is 0.334 e. The lowest BCUT2D eigenvalue weighted by Gasteiger charge is -2.01. The minimum absolute atomic E-state index is 0.0963. The average Bonchev–Trinajstić information content (AvgIpc) is 2.68. The monoisotopic (exact) mass is 290 g/mol. The summed E-state index contributed by atoms with van der Waals surface area (Å²) in [7, 11) is 0. The molecule has 1 aliphatic heterocycles. The molecule has 1 atom stereocenters. The van der Waals surface area contributed by atoms with E-state index in [0.29, 0.717) is 12.8 Å². The maximum Gasteiger partial charge on any atom is 0.334 e. The van der Waals surface area contributed by atoms with Crippen LogP contribution < -0.4 is 0 Å². The first-order chi connectivity index (χ1) is 9.88. The van der Waals surface area contributed by atoms with E-state index in [9.17, 15) is 9.59 Å². The maximum atomic E-state index is 11.7. The van der Waals surface area contributed by atoms with E-state index >= 15 is 0 Å². The van der Waals surface area contributed by atoms with Crippen molar-refractivity contribution in [3.05, 3.63) is 34.9 Å². The maximum absolute atomic E-state index is 11.7. The molecule has 0 aromatic carbocycles. The lowest BCUT2D eigenvalue weighted by atomic mass is 10.0. The molecule has 3 nitrogen and oxygen atoms in total. The predicted octanol–water partition coefficient (Wildman–Crippen LogP) is 4.29. The molecule has 1 aliphatic rings. The van der Waals surface area contributed by atoms with E-state index in [-0.39, 0.29) is 17.9 Å². The molecule has 3 heteroatoms. The molecule has 116 valence electrons. The number of carbonyl (C=O) groups is 2. The van der Waals surface area contributed by atoms with Crippen LogP contribution in [-0.2, 0) is 14.3 Å². The van der Waals surface area contributed by atoms with Crippen molar-refractivity contribution >= 4 is 11.8 Å². The predicted molar refractivity (Wildman–Crippen MR) is 84.9 cm³/mol. The third-order valence-electron chi connectivity index (χ3n) is 3.38. The molecule has 0 aromatic heterocycles. The summed E-state index contributed by atoms with van der Waals surface area (Å²) in [6, 6.07) is 0. The lowest BCUT2D eigenvalue weighted by molar-refractivity contribution is -0.137. The summed E-state index contributed by atoms with van der Waals surface area (Å²) >= 11 is 0. The highest BCUT2D eigenvalue weighted by Crippen LogP contribution is 2.23. The number of hydrogen-bond donors (Lipinski definition) is 0. The van der Waals surface area contributed by atoms with Gasteiger partial charge in [0.2, 0.25) is 0 Å². The van der Waals surface area contributed by atoms with Crippen LogP contribution in [-0.4, -0.2) is 17.9 Å². The van der Waals surface area contributed by atoms with Gasteiger partial charge in [0, 0.05) is 18.4 Å². The molecule has 0 bridgehead atoms. The first-order valence-electron chi connectivity index (χ1n) is 7.58. The SMILES string of the molecule is CC(=O)CC/C=C(\C)CC/C=C1/CC(C=C(C)C)OC1=O. The highest BCUT2D eigenvalue weighted by molar-refractivity contribution is 5.90. The van der Waals surface area contributed by atoms with E-state index < -0.39 is 0 Å². The third-order valence-corrected chi connectivity index (χ3v) is 3.38. The van der Waals surface area contributed by atoms with Gasteiger partial charge in [0.25, 0.3) is 0 Å². The summed E-state index contributed by atoms with van der Waals surface area (Å²) in [5, 5.41) is 0. The van der Waals surface area contributed by atoms with Gasteiger partial charge in [-0.25, -0.2) is 4.79 Å². The first kappa shape index (κ1) is 17.4. The van der Waals surface area contributed by atoms with Gasteiger partial charge in [-0.05, 0) is 53.0 Å². The van der Waals surface area contributed by atoms with Crippen molar-refractivity contribution in [2.24, 2.45) is 0 Å². The summed E-state index contributed by atoms with van der Waals surface area (Å²) in [5.41, 5.74) is 3.22. The number of ketones is 1. The Kier molecular flexibility index (Phi) is 7.13. The zero-order valence-electron chi connectivity index (χ0n) is 13.6. The fourth-order valence-electron chi connectivity index (χ4n) is 2.28. The molecule has 0 N–H and O–H groups in total. The minimum atomic E-state index is -0.185. The van der Waals surface area contributed by atoms with Gasteiger partial charge < -0.3 is 9.53 Å². The van der Waals surface area contributed by atoms with Gasteiger partial charge in [0.05, 0.1) is 0 Å². The third kappa shape index (κ3) is 7.07. The molecule has 0 spiro atoms. The number of allylic oxidation sites excluding steroid dienone is 4. The van der Waals surface area contributed by atoms with Gasteiger partial charge in [0.15, 0.2) is 0 Å². The summed E-state index contributed by atoms with van der Waals surface area (Å²) in [6.07, 6.45) is 9.85. The van der Waals surface area contributed by atoms with Crippen LogP contribution in [0, 0.1) is 0 Å². The van der Waals surface area contributed by atoms with E-state index in [4.69, 9.17) is 4.74 Å². The minimum Gasteiger partial charge on any atom is -0.454 e. The van der Waals surface area contributed by atoms with Crippen LogP contribution in [0.15, 0.2) is 34.9 Å². The van der Waals surface area contributed by atoms with Crippen molar-refractivity contribution in [3.8, 4) is 0 Å². The van der Waals surface area contributed by atoms with Crippen molar-refractivity contribution < 1.29 is 14.3 Å². The number of esters is 1. The van der Waals surface area contributed by atoms with Crippen LogP contribution in [0.4, 0.5) is 0 Å². The number of cyclic esters (lactones) is 1. The molecule has 0 aliphatic carbocycles. The van der Waals surface area contributed by atoms with Crippen molar-refractivity contribution in [2.45, 2.75) is 65.9 Å². The molecule has 1 saturated heterocycles. The molecular formula is C18H26O3. The van der Waals surface area contributed by atoms with Gasteiger partial charge in [0.1, 0.15) is 11.9 Å². The van der Waals surface area contributed by atoms with Gasteiger partial charge >= 0.3 is 5.97 Å². The number of hydrogen-bond acceptors (Lipinski definition) is 3. The molecule has 0 amide bonds. The van der Waals surface area contributed by atoms with Crippen LogP contribution in [0.5, 0.6) is 0 Å². The number of ether oxygens (including phenoxy) is 1. The Labute approximate surface area is 127 Å². The van der Waals surface area contributed by atoms with Gasteiger partial charge in [-0.3, -0.25) is 0 Å². The fraction of sp³-hybridized carbons (Fsp3) is 0.556. The molecular weight excluding hydrogens is 264 g/mol. The summed E-state index contributed by atoms with van der Waals surface area (Å²) < 4.78 is 5.30. The summed E-state index contributed by atoms with van der Waals surface area (Å²) in [4.78, 5) is 22.6. The Hall–Kier alpha value is -1.64. The quantitative estimate of drug-likeness (QED) is 0.399. The van der Waals surface area contributed by atoms with Crippen LogP contribution in [0.2, 0.25) is 0 Å². The van der Waals surface area contributed by atoms with E-state index in [1.165, 1.54) is 11.1 Å². The topological polar surface area (TPSA) is 43.4 Å². The molecule has 0 saturated carbocycles. The number of carbonyl (C=O) groups excluding carboxylic acids is 2. The fourth-order valence-corrected chi connectivity index (χ4v) is 2.28. The molecule has 1 unspecified atom stereocenters. The molecule has 21 heavy (non-hydrogen) atoms. The van der Waals surface area contributed by atoms with Gasteiger partial charge in [-0.2, -0.15) is 0 Å². The Bertz CT molecular complexity index is 477. The van der Waals surface area contributed by atoms with Crippen molar-refractivity contribution in [2.75, 3.05) is 0 Å². The Morgan fingerprint density at radius 2 is 1.90 bits per heavy atom. The van der Waals surface area contributed by atoms with E-state index in [1.807, 2.05) is 26.0 Å². The number of rotatable bonds is 7. The highest BCUT2D eigenvalue weighted by atomic mass is 16.5. The largest absolute Gasteiger partial charge is 0.454 e. The van der Waals surface area contributed by atoms with Crippen LogP contribution >= 0.6 is 0 Å². The lowest BCUT2D eigenvalue weighted by Crippen LogP contribution is -2.02. The zero-order valence-corrected chi connectivity index (χ0v) is 13.6. The first-order valence-corrected chi connectivity index (χ1v) is 7.58.